The highest BCUT2D eigenvalue weighted by Gasteiger charge is 2.15. The Bertz CT molecular complexity index is 265. The van der Waals surface area contributed by atoms with Crippen molar-refractivity contribution in [1.82, 2.24) is 4.98 Å². The largest absolute Gasteiger partial charge is 0.294 e. The second-order valence-corrected chi connectivity index (χ2v) is 3.11. The lowest BCUT2D eigenvalue weighted by molar-refractivity contribution is 0.0913. The topological polar surface area (TPSA) is 30.0 Å². The average molecular weight is 177 g/mol. The predicted octanol–water partition coefficient (Wildman–Crippen LogP) is 2.70. The van der Waals surface area contributed by atoms with Crippen molar-refractivity contribution in [2.45, 2.75) is 26.7 Å². The maximum absolute atomic E-state index is 11.8. The van der Waals surface area contributed by atoms with Crippen LogP contribution < -0.4 is 0 Å². The molecule has 0 N–H and O–H groups in total. The van der Waals surface area contributed by atoms with E-state index in [-0.39, 0.29) is 11.7 Å². The van der Waals surface area contributed by atoms with Crippen molar-refractivity contribution in [3.8, 4) is 0 Å². The zero-order chi connectivity index (χ0) is 9.68. The first-order valence-corrected chi connectivity index (χ1v) is 4.73. The third-order valence-electron chi connectivity index (χ3n) is 2.32. The summed E-state index contributed by atoms with van der Waals surface area (Å²) in [5, 5.41) is 0. The molecule has 0 fully saturated rings. The molecular formula is C11H15NO. The Morgan fingerprint density at radius 1 is 1.31 bits per heavy atom. The normalized spacial score (nSPS) is 10.4. The van der Waals surface area contributed by atoms with Crippen molar-refractivity contribution < 1.29 is 4.79 Å². The highest BCUT2D eigenvalue weighted by atomic mass is 16.1. The molecule has 0 aliphatic heterocycles. The molecule has 1 heterocycles. The van der Waals surface area contributed by atoms with Gasteiger partial charge in [0, 0.05) is 23.9 Å². The lowest BCUT2D eigenvalue weighted by Gasteiger charge is -2.09. The molecule has 0 unspecified atom stereocenters. The molecule has 2 nitrogen and oxygen atoms in total. The summed E-state index contributed by atoms with van der Waals surface area (Å²) < 4.78 is 0. The minimum absolute atomic E-state index is 0.169. The monoisotopic (exact) mass is 177 g/mol. The van der Waals surface area contributed by atoms with Crippen LogP contribution in [0.5, 0.6) is 0 Å². The maximum Gasteiger partial charge on any atom is 0.166 e. The number of hydrogen-bond acceptors (Lipinski definition) is 2. The highest BCUT2D eigenvalue weighted by Crippen LogP contribution is 2.14. The summed E-state index contributed by atoms with van der Waals surface area (Å²) in [5.41, 5.74) is 0.781. The minimum atomic E-state index is 0.169. The molecule has 1 aromatic heterocycles. The fourth-order valence-electron chi connectivity index (χ4n) is 1.41. The van der Waals surface area contributed by atoms with E-state index >= 15 is 0 Å². The van der Waals surface area contributed by atoms with Gasteiger partial charge < -0.3 is 0 Å². The summed E-state index contributed by atoms with van der Waals surface area (Å²) in [5.74, 6) is 0.412. The van der Waals surface area contributed by atoms with Gasteiger partial charge in [0.2, 0.25) is 0 Å². The van der Waals surface area contributed by atoms with Crippen LogP contribution in [0.1, 0.15) is 37.0 Å². The second-order valence-electron chi connectivity index (χ2n) is 3.11. The van der Waals surface area contributed by atoms with E-state index in [1.165, 1.54) is 0 Å². The summed E-state index contributed by atoms with van der Waals surface area (Å²) in [6.07, 6.45) is 5.15. The third kappa shape index (κ3) is 2.38. The van der Waals surface area contributed by atoms with E-state index in [4.69, 9.17) is 0 Å². The minimum Gasteiger partial charge on any atom is -0.294 e. The van der Waals surface area contributed by atoms with Gasteiger partial charge in [0.15, 0.2) is 5.78 Å². The van der Waals surface area contributed by atoms with Crippen LogP contribution in [0.3, 0.4) is 0 Å². The smallest absolute Gasteiger partial charge is 0.166 e. The molecular weight excluding hydrogens is 162 g/mol. The molecule has 0 aliphatic carbocycles. The van der Waals surface area contributed by atoms with Crippen molar-refractivity contribution in [3.63, 3.8) is 0 Å². The van der Waals surface area contributed by atoms with Gasteiger partial charge in [-0.3, -0.25) is 9.78 Å². The van der Waals surface area contributed by atoms with Gasteiger partial charge in [-0.1, -0.05) is 13.8 Å². The summed E-state index contributed by atoms with van der Waals surface area (Å²) in [4.78, 5) is 15.7. The third-order valence-corrected chi connectivity index (χ3v) is 2.32. The number of rotatable bonds is 4. The number of Topliss-reactive ketones (excluding diaryl/α,β-unsaturated/α-hetero) is 1. The van der Waals surface area contributed by atoms with Gasteiger partial charge in [0.05, 0.1) is 0 Å². The molecule has 0 spiro atoms. The van der Waals surface area contributed by atoms with Gasteiger partial charge in [-0.05, 0) is 25.0 Å². The number of carbonyl (C=O) groups is 1. The van der Waals surface area contributed by atoms with Crippen LogP contribution in [-0.4, -0.2) is 10.8 Å². The predicted molar refractivity (Wildman–Crippen MR) is 52.6 cm³/mol. The van der Waals surface area contributed by atoms with Crippen LogP contribution in [0.2, 0.25) is 0 Å². The number of carbonyl (C=O) groups excluding carboxylic acids is 1. The molecule has 0 bridgehead atoms. The Morgan fingerprint density at radius 3 is 2.31 bits per heavy atom. The highest BCUT2D eigenvalue weighted by molar-refractivity contribution is 5.97. The standard InChI is InChI=1S/C11H15NO/c1-3-9(4-2)11(13)10-5-7-12-8-6-10/h5-9H,3-4H2,1-2H3. The van der Waals surface area contributed by atoms with Crippen molar-refractivity contribution in [3.05, 3.63) is 30.1 Å². The first-order chi connectivity index (χ1) is 6.29. The summed E-state index contributed by atoms with van der Waals surface area (Å²) >= 11 is 0. The summed E-state index contributed by atoms with van der Waals surface area (Å²) in [6, 6.07) is 3.56. The quantitative estimate of drug-likeness (QED) is 0.662. The van der Waals surface area contributed by atoms with Crippen LogP contribution in [0.15, 0.2) is 24.5 Å². The summed E-state index contributed by atoms with van der Waals surface area (Å²) in [7, 11) is 0. The van der Waals surface area contributed by atoms with Crippen LogP contribution in [0, 0.1) is 5.92 Å². The average Bonchev–Trinajstić information content (AvgIpc) is 2.21. The Labute approximate surface area is 79.0 Å². The van der Waals surface area contributed by atoms with Gasteiger partial charge >= 0.3 is 0 Å². The fraction of sp³-hybridized carbons (Fsp3) is 0.455. The molecule has 13 heavy (non-hydrogen) atoms. The molecule has 0 saturated heterocycles. The number of nitrogens with zero attached hydrogens (tertiary/aromatic N) is 1. The molecule has 70 valence electrons. The number of hydrogen-bond donors (Lipinski definition) is 0. The van der Waals surface area contributed by atoms with E-state index < -0.39 is 0 Å². The SMILES string of the molecule is CCC(CC)C(=O)c1ccncc1. The van der Waals surface area contributed by atoms with E-state index in [2.05, 4.69) is 4.98 Å². The summed E-state index contributed by atoms with van der Waals surface area (Å²) in [6.45, 7) is 4.10. The lowest BCUT2D eigenvalue weighted by atomic mass is 9.94. The Balaban J connectivity index is 2.78. The lowest BCUT2D eigenvalue weighted by Crippen LogP contribution is -2.12. The van der Waals surface area contributed by atoms with Gasteiger partial charge in [-0.25, -0.2) is 0 Å². The molecule has 0 aliphatic rings. The van der Waals surface area contributed by atoms with Gasteiger partial charge in [0.25, 0.3) is 0 Å². The van der Waals surface area contributed by atoms with Crippen LogP contribution >= 0.6 is 0 Å². The van der Waals surface area contributed by atoms with Crippen molar-refractivity contribution in [2.24, 2.45) is 5.92 Å². The van der Waals surface area contributed by atoms with E-state index in [1.54, 1.807) is 24.5 Å². The molecule has 1 rings (SSSR count). The van der Waals surface area contributed by atoms with Crippen LogP contribution in [0.4, 0.5) is 0 Å². The Morgan fingerprint density at radius 2 is 1.85 bits per heavy atom. The van der Waals surface area contributed by atoms with E-state index in [0.717, 1.165) is 18.4 Å². The first-order valence-electron chi connectivity index (χ1n) is 4.73. The zero-order valence-electron chi connectivity index (χ0n) is 8.16. The van der Waals surface area contributed by atoms with Gasteiger partial charge in [0.1, 0.15) is 0 Å². The molecule has 0 atom stereocenters. The van der Waals surface area contributed by atoms with Gasteiger partial charge in [-0.2, -0.15) is 0 Å². The second kappa shape index (κ2) is 4.75. The van der Waals surface area contributed by atoms with Crippen LogP contribution in [0.25, 0.3) is 0 Å². The van der Waals surface area contributed by atoms with E-state index in [9.17, 15) is 4.79 Å². The molecule has 0 amide bonds. The van der Waals surface area contributed by atoms with Gasteiger partial charge in [-0.15, -0.1) is 0 Å². The first kappa shape index (κ1) is 9.90. The van der Waals surface area contributed by atoms with Crippen molar-refractivity contribution >= 4 is 5.78 Å². The number of pyridine rings is 1. The number of ketones is 1. The van der Waals surface area contributed by atoms with E-state index in [0.29, 0.717) is 0 Å². The van der Waals surface area contributed by atoms with Crippen molar-refractivity contribution in [2.75, 3.05) is 0 Å². The maximum atomic E-state index is 11.8. The fourth-order valence-corrected chi connectivity index (χ4v) is 1.41. The Kier molecular flexibility index (Phi) is 3.62. The van der Waals surface area contributed by atoms with Crippen molar-refractivity contribution in [1.29, 1.82) is 0 Å². The molecule has 0 radical (unpaired) electrons. The zero-order valence-corrected chi connectivity index (χ0v) is 8.16. The van der Waals surface area contributed by atoms with E-state index in [1.807, 2.05) is 13.8 Å². The molecule has 2 heteroatoms. The molecule has 0 saturated carbocycles. The Hall–Kier alpha value is -1.18. The molecule has 0 aromatic carbocycles. The molecule has 1 aromatic rings. The number of aromatic nitrogens is 1. The van der Waals surface area contributed by atoms with Crippen LogP contribution in [-0.2, 0) is 0 Å².